The van der Waals surface area contributed by atoms with Gasteiger partial charge in [-0.25, -0.2) is 0 Å². The van der Waals surface area contributed by atoms with Crippen LogP contribution in [0.3, 0.4) is 0 Å². The predicted molar refractivity (Wildman–Crippen MR) is 72.4 cm³/mol. The lowest BCUT2D eigenvalue weighted by atomic mass is 9.85. The smallest absolute Gasteiger partial charge is 0.334 e. The maximum absolute atomic E-state index is 5.75. The molecule has 0 radical (unpaired) electrons. The van der Waals surface area contributed by atoms with E-state index in [4.69, 9.17) is 13.6 Å². The Morgan fingerprint density at radius 1 is 1.18 bits per heavy atom. The second-order valence-corrected chi connectivity index (χ2v) is 8.77. The van der Waals surface area contributed by atoms with Crippen LogP contribution < -0.4 is 0 Å². The van der Waals surface area contributed by atoms with E-state index in [1.54, 1.807) is 14.2 Å². The van der Waals surface area contributed by atoms with Gasteiger partial charge in [0.2, 0.25) is 0 Å². The Morgan fingerprint density at radius 2 is 1.88 bits per heavy atom. The van der Waals surface area contributed by atoms with Crippen molar-refractivity contribution in [2.45, 2.75) is 57.7 Å². The first-order valence-electron chi connectivity index (χ1n) is 6.85. The summed E-state index contributed by atoms with van der Waals surface area (Å²) in [5, 5.41) is 0. The lowest BCUT2D eigenvalue weighted by Gasteiger charge is -2.31. The SMILES string of the molecule is CCOC1CCCC(CC[Si](C)(OC)OC)C1. The molecular weight excluding hydrogens is 232 g/mol. The van der Waals surface area contributed by atoms with E-state index in [1.165, 1.54) is 32.1 Å². The molecule has 1 saturated carbocycles. The Bertz CT molecular complexity index is 205. The van der Waals surface area contributed by atoms with Gasteiger partial charge in [0.15, 0.2) is 0 Å². The first-order valence-corrected chi connectivity index (χ1v) is 9.37. The van der Waals surface area contributed by atoms with E-state index in [1.807, 2.05) is 0 Å². The third-order valence-electron chi connectivity index (χ3n) is 4.01. The zero-order chi connectivity index (χ0) is 12.7. The Labute approximate surface area is 107 Å². The molecule has 0 aliphatic heterocycles. The maximum atomic E-state index is 5.75. The highest BCUT2D eigenvalue weighted by Gasteiger charge is 2.31. The first-order chi connectivity index (χ1) is 8.13. The quantitative estimate of drug-likeness (QED) is 0.657. The highest BCUT2D eigenvalue weighted by atomic mass is 28.4. The summed E-state index contributed by atoms with van der Waals surface area (Å²) in [4.78, 5) is 0. The topological polar surface area (TPSA) is 27.7 Å². The third-order valence-corrected chi connectivity index (χ3v) is 6.93. The summed E-state index contributed by atoms with van der Waals surface area (Å²) in [6, 6.07) is 1.10. The average Bonchev–Trinajstić information content (AvgIpc) is 2.37. The normalized spacial score (nSPS) is 26.1. The molecule has 0 amide bonds. The van der Waals surface area contributed by atoms with Crippen molar-refractivity contribution in [1.29, 1.82) is 0 Å². The molecule has 0 spiro atoms. The summed E-state index contributed by atoms with van der Waals surface area (Å²) in [7, 11) is 1.69. The van der Waals surface area contributed by atoms with Crippen LogP contribution in [0, 0.1) is 5.92 Å². The molecular formula is C13H28O3Si. The highest BCUT2D eigenvalue weighted by Crippen LogP contribution is 2.31. The summed E-state index contributed by atoms with van der Waals surface area (Å²) >= 11 is 0. The van der Waals surface area contributed by atoms with Gasteiger partial charge in [-0.2, -0.15) is 0 Å². The molecule has 17 heavy (non-hydrogen) atoms. The van der Waals surface area contributed by atoms with E-state index in [-0.39, 0.29) is 0 Å². The van der Waals surface area contributed by atoms with Crippen molar-refractivity contribution in [2.24, 2.45) is 5.92 Å². The van der Waals surface area contributed by atoms with Crippen LogP contribution >= 0.6 is 0 Å². The van der Waals surface area contributed by atoms with Gasteiger partial charge >= 0.3 is 8.56 Å². The van der Waals surface area contributed by atoms with Gasteiger partial charge in [-0.05, 0) is 44.7 Å². The fourth-order valence-electron chi connectivity index (χ4n) is 2.64. The fraction of sp³-hybridized carbons (Fsp3) is 1.00. The summed E-state index contributed by atoms with van der Waals surface area (Å²) < 4.78 is 16.8. The molecule has 2 unspecified atom stereocenters. The van der Waals surface area contributed by atoms with Gasteiger partial charge < -0.3 is 13.6 Å². The molecule has 1 rings (SSSR count). The molecule has 0 aromatic carbocycles. The molecule has 0 aromatic rings. The molecule has 0 N–H and O–H groups in total. The standard InChI is InChI=1S/C13H28O3Si/c1-5-16-13-8-6-7-12(11-13)9-10-17(4,14-2)15-3/h12-13H,5-11H2,1-4H3. The maximum Gasteiger partial charge on any atom is 0.334 e. The van der Waals surface area contributed by atoms with Gasteiger partial charge in [-0.3, -0.25) is 0 Å². The molecule has 2 atom stereocenters. The van der Waals surface area contributed by atoms with Crippen LogP contribution in [0.25, 0.3) is 0 Å². The lowest BCUT2D eigenvalue weighted by Crippen LogP contribution is -2.37. The summed E-state index contributed by atoms with van der Waals surface area (Å²) in [6.45, 7) is 5.08. The predicted octanol–water partition coefficient (Wildman–Crippen LogP) is 3.34. The average molecular weight is 260 g/mol. The van der Waals surface area contributed by atoms with Crippen LogP contribution in [0.2, 0.25) is 12.6 Å². The zero-order valence-electron chi connectivity index (χ0n) is 11.8. The van der Waals surface area contributed by atoms with Crippen molar-refractivity contribution >= 4 is 8.56 Å². The minimum atomic E-state index is -1.86. The summed E-state index contributed by atoms with van der Waals surface area (Å²) in [6.07, 6.45) is 6.86. The largest absolute Gasteiger partial charge is 0.398 e. The molecule has 0 aromatic heterocycles. The second kappa shape index (κ2) is 7.51. The summed E-state index contributed by atoms with van der Waals surface area (Å²) in [5.74, 6) is 0.803. The van der Waals surface area contributed by atoms with Gasteiger partial charge in [-0.15, -0.1) is 0 Å². The molecule has 0 saturated heterocycles. The van der Waals surface area contributed by atoms with E-state index in [0.29, 0.717) is 6.10 Å². The number of ether oxygens (including phenoxy) is 1. The Morgan fingerprint density at radius 3 is 2.47 bits per heavy atom. The van der Waals surface area contributed by atoms with E-state index in [9.17, 15) is 0 Å². The number of rotatable bonds is 7. The van der Waals surface area contributed by atoms with Crippen molar-refractivity contribution in [3.8, 4) is 0 Å². The Balaban J connectivity index is 2.31. The number of hydrogen-bond acceptors (Lipinski definition) is 3. The molecule has 1 aliphatic rings. The van der Waals surface area contributed by atoms with Gasteiger partial charge in [0.1, 0.15) is 0 Å². The van der Waals surface area contributed by atoms with Gasteiger partial charge in [0.25, 0.3) is 0 Å². The van der Waals surface area contributed by atoms with Gasteiger partial charge in [-0.1, -0.05) is 12.8 Å². The van der Waals surface area contributed by atoms with Crippen LogP contribution in [0.15, 0.2) is 0 Å². The van der Waals surface area contributed by atoms with E-state index >= 15 is 0 Å². The summed E-state index contributed by atoms with van der Waals surface area (Å²) in [5.41, 5.74) is 0. The zero-order valence-corrected chi connectivity index (χ0v) is 12.8. The monoisotopic (exact) mass is 260 g/mol. The second-order valence-electron chi connectivity index (χ2n) is 5.19. The highest BCUT2D eigenvalue weighted by molar-refractivity contribution is 6.65. The molecule has 102 valence electrons. The third kappa shape index (κ3) is 5.08. The van der Waals surface area contributed by atoms with E-state index in [0.717, 1.165) is 18.6 Å². The lowest BCUT2D eigenvalue weighted by molar-refractivity contribution is 0.0195. The van der Waals surface area contributed by atoms with Gasteiger partial charge in [0.05, 0.1) is 6.10 Å². The first kappa shape index (κ1) is 15.2. The van der Waals surface area contributed by atoms with E-state index in [2.05, 4.69) is 13.5 Å². The van der Waals surface area contributed by atoms with E-state index < -0.39 is 8.56 Å². The van der Waals surface area contributed by atoms with Crippen molar-refractivity contribution < 1.29 is 13.6 Å². The minimum Gasteiger partial charge on any atom is -0.398 e. The number of hydrogen-bond donors (Lipinski definition) is 0. The van der Waals surface area contributed by atoms with Crippen LogP contribution in [0.4, 0.5) is 0 Å². The Hall–Kier alpha value is 0.0969. The van der Waals surface area contributed by atoms with Crippen LogP contribution in [-0.4, -0.2) is 35.5 Å². The van der Waals surface area contributed by atoms with Crippen LogP contribution in [0.5, 0.6) is 0 Å². The van der Waals surface area contributed by atoms with Crippen molar-refractivity contribution in [1.82, 2.24) is 0 Å². The molecule has 1 fully saturated rings. The molecule has 4 heteroatoms. The Kier molecular flexibility index (Phi) is 6.70. The van der Waals surface area contributed by atoms with Gasteiger partial charge in [0, 0.05) is 20.8 Å². The van der Waals surface area contributed by atoms with Crippen molar-refractivity contribution in [3.63, 3.8) is 0 Å². The minimum absolute atomic E-state index is 0.497. The van der Waals surface area contributed by atoms with Crippen molar-refractivity contribution in [2.75, 3.05) is 20.8 Å². The molecule has 3 nitrogen and oxygen atoms in total. The molecule has 0 bridgehead atoms. The van der Waals surface area contributed by atoms with Crippen LogP contribution in [0.1, 0.15) is 39.0 Å². The van der Waals surface area contributed by atoms with Crippen LogP contribution in [-0.2, 0) is 13.6 Å². The molecule has 1 aliphatic carbocycles. The molecule has 0 heterocycles. The van der Waals surface area contributed by atoms with Crippen molar-refractivity contribution in [3.05, 3.63) is 0 Å². The fourth-order valence-corrected chi connectivity index (χ4v) is 4.15.